The summed E-state index contributed by atoms with van der Waals surface area (Å²) in [5.41, 5.74) is 3.14. The molecule has 0 radical (unpaired) electrons. The summed E-state index contributed by atoms with van der Waals surface area (Å²) in [5.74, 6) is 1.32. The second kappa shape index (κ2) is 11.9. The summed E-state index contributed by atoms with van der Waals surface area (Å²) in [7, 11) is 1.74. The van der Waals surface area contributed by atoms with E-state index in [1.165, 1.54) is 0 Å². The van der Waals surface area contributed by atoms with Crippen molar-refractivity contribution in [2.45, 2.75) is 19.7 Å². The molecule has 0 aliphatic carbocycles. The van der Waals surface area contributed by atoms with E-state index in [2.05, 4.69) is 25.6 Å². The average Bonchev–Trinajstić information content (AvgIpc) is 2.74. The summed E-state index contributed by atoms with van der Waals surface area (Å²) in [6.45, 7) is 1.73. The van der Waals surface area contributed by atoms with Gasteiger partial charge in [0.2, 0.25) is 5.88 Å². The van der Waals surface area contributed by atoms with Crippen LogP contribution in [0.4, 0.5) is 0 Å². The van der Waals surface area contributed by atoms with Crippen LogP contribution in [0.15, 0.2) is 78.0 Å². The number of halogens is 1. The Bertz CT molecular complexity index is 859. The minimum Gasteiger partial charge on any atom is -0.473 e. The van der Waals surface area contributed by atoms with Gasteiger partial charge in [-0.05, 0) is 29.3 Å². The molecule has 0 atom stereocenters. The smallest absolute Gasteiger partial charge is 0.213 e. The zero-order valence-electron chi connectivity index (χ0n) is 15.7. The molecule has 1 aromatic carbocycles. The maximum Gasteiger partial charge on any atom is 0.213 e. The van der Waals surface area contributed by atoms with E-state index in [4.69, 9.17) is 4.74 Å². The third-order valence-corrected chi connectivity index (χ3v) is 3.88. The van der Waals surface area contributed by atoms with Crippen molar-refractivity contribution in [3.8, 4) is 5.88 Å². The van der Waals surface area contributed by atoms with Crippen molar-refractivity contribution in [2.75, 3.05) is 7.05 Å². The number of hydrogen-bond acceptors (Lipinski definition) is 4. The summed E-state index contributed by atoms with van der Waals surface area (Å²) in [6, 6.07) is 19.8. The molecule has 0 spiro atoms. The number of aliphatic imine (C=N–C) groups is 1. The molecule has 0 aliphatic rings. The predicted molar refractivity (Wildman–Crippen MR) is 122 cm³/mol. The minimum absolute atomic E-state index is 0. The highest BCUT2D eigenvalue weighted by atomic mass is 127. The molecule has 0 saturated heterocycles. The van der Waals surface area contributed by atoms with Crippen LogP contribution in [0.3, 0.4) is 0 Å². The molecule has 0 unspecified atom stereocenters. The van der Waals surface area contributed by atoms with E-state index in [9.17, 15) is 0 Å². The standard InChI is InChI=1S/C21H23N5O.HI/c1-22-21(26-15-19-9-5-6-11-23-19)25-14-18-10-12-24-20(13-18)27-16-17-7-3-2-4-8-17;/h2-13H,14-16H2,1H3,(H2,22,25,26);1H. The fourth-order valence-electron chi connectivity index (χ4n) is 2.45. The average molecular weight is 489 g/mol. The summed E-state index contributed by atoms with van der Waals surface area (Å²) in [4.78, 5) is 12.8. The number of rotatable bonds is 7. The second-order valence-electron chi connectivity index (χ2n) is 5.88. The van der Waals surface area contributed by atoms with Crippen LogP contribution in [0.5, 0.6) is 5.88 Å². The van der Waals surface area contributed by atoms with Crippen LogP contribution in [-0.4, -0.2) is 23.0 Å². The molecular formula is C21H24IN5O. The lowest BCUT2D eigenvalue weighted by Crippen LogP contribution is -2.36. The molecule has 7 heteroatoms. The number of hydrogen-bond donors (Lipinski definition) is 2. The van der Waals surface area contributed by atoms with Crippen LogP contribution < -0.4 is 15.4 Å². The first-order chi connectivity index (χ1) is 13.3. The zero-order chi connectivity index (χ0) is 18.7. The molecule has 0 amide bonds. The molecule has 0 saturated carbocycles. The fraction of sp³-hybridized carbons (Fsp3) is 0.190. The number of nitrogens with one attached hydrogen (secondary N) is 2. The van der Waals surface area contributed by atoms with Crippen LogP contribution in [0.25, 0.3) is 0 Å². The summed E-state index contributed by atoms with van der Waals surface area (Å²) < 4.78 is 5.78. The van der Waals surface area contributed by atoms with Gasteiger partial charge in [-0.3, -0.25) is 9.98 Å². The highest BCUT2D eigenvalue weighted by Gasteiger charge is 2.02. The van der Waals surface area contributed by atoms with Crippen LogP contribution >= 0.6 is 24.0 Å². The third kappa shape index (κ3) is 7.15. The van der Waals surface area contributed by atoms with Crippen molar-refractivity contribution in [3.05, 3.63) is 89.9 Å². The Kier molecular flexibility index (Phi) is 9.20. The molecule has 3 rings (SSSR count). The minimum atomic E-state index is 0. The summed E-state index contributed by atoms with van der Waals surface area (Å²) in [5, 5.41) is 6.53. The van der Waals surface area contributed by atoms with E-state index in [-0.39, 0.29) is 24.0 Å². The van der Waals surface area contributed by atoms with Crippen molar-refractivity contribution in [3.63, 3.8) is 0 Å². The van der Waals surface area contributed by atoms with Gasteiger partial charge < -0.3 is 15.4 Å². The van der Waals surface area contributed by atoms with Gasteiger partial charge in [0.15, 0.2) is 5.96 Å². The van der Waals surface area contributed by atoms with Gasteiger partial charge in [0.25, 0.3) is 0 Å². The highest BCUT2D eigenvalue weighted by molar-refractivity contribution is 14.0. The van der Waals surface area contributed by atoms with Gasteiger partial charge in [0.1, 0.15) is 6.61 Å². The van der Waals surface area contributed by atoms with E-state index >= 15 is 0 Å². The molecule has 146 valence electrons. The molecular weight excluding hydrogens is 465 g/mol. The molecule has 2 heterocycles. The number of benzene rings is 1. The molecule has 0 bridgehead atoms. The Morgan fingerprint density at radius 2 is 1.68 bits per heavy atom. The second-order valence-corrected chi connectivity index (χ2v) is 5.88. The Morgan fingerprint density at radius 1 is 0.893 bits per heavy atom. The molecule has 28 heavy (non-hydrogen) atoms. The van der Waals surface area contributed by atoms with Crippen LogP contribution in [0.1, 0.15) is 16.8 Å². The van der Waals surface area contributed by atoms with Crippen LogP contribution in [-0.2, 0) is 19.7 Å². The number of ether oxygens (including phenoxy) is 1. The van der Waals surface area contributed by atoms with E-state index < -0.39 is 0 Å². The van der Waals surface area contributed by atoms with E-state index in [0.29, 0.717) is 31.5 Å². The fourth-order valence-corrected chi connectivity index (χ4v) is 2.45. The van der Waals surface area contributed by atoms with E-state index in [1.807, 2.05) is 60.7 Å². The van der Waals surface area contributed by atoms with Crippen molar-refractivity contribution < 1.29 is 4.74 Å². The van der Waals surface area contributed by atoms with Gasteiger partial charge >= 0.3 is 0 Å². The monoisotopic (exact) mass is 489 g/mol. The number of pyridine rings is 2. The first-order valence-corrected chi connectivity index (χ1v) is 8.79. The number of guanidine groups is 1. The molecule has 0 fully saturated rings. The lowest BCUT2D eigenvalue weighted by atomic mass is 10.2. The van der Waals surface area contributed by atoms with Crippen LogP contribution in [0.2, 0.25) is 0 Å². The number of nitrogens with zero attached hydrogens (tertiary/aromatic N) is 3. The Morgan fingerprint density at radius 3 is 2.43 bits per heavy atom. The van der Waals surface area contributed by atoms with Gasteiger partial charge in [-0.1, -0.05) is 36.4 Å². The maximum absolute atomic E-state index is 5.78. The van der Waals surface area contributed by atoms with E-state index in [1.54, 1.807) is 19.4 Å². The van der Waals surface area contributed by atoms with Crippen molar-refractivity contribution in [1.82, 2.24) is 20.6 Å². The summed E-state index contributed by atoms with van der Waals surface area (Å²) in [6.07, 6.45) is 3.53. The first-order valence-electron chi connectivity index (χ1n) is 8.79. The SMILES string of the molecule is CN=C(NCc1ccnc(OCc2ccccc2)c1)NCc1ccccn1.I. The van der Waals surface area contributed by atoms with Gasteiger partial charge in [0.05, 0.1) is 12.2 Å². The lowest BCUT2D eigenvalue weighted by molar-refractivity contribution is 0.293. The van der Waals surface area contributed by atoms with Crippen molar-refractivity contribution >= 4 is 29.9 Å². The normalized spacial score (nSPS) is 10.7. The van der Waals surface area contributed by atoms with Gasteiger partial charge in [-0.15, -0.1) is 24.0 Å². The third-order valence-electron chi connectivity index (χ3n) is 3.88. The Labute approximate surface area is 182 Å². The van der Waals surface area contributed by atoms with Gasteiger partial charge in [-0.2, -0.15) is 0 Å². The molecule has 3 aromatic rings. The van der Waals surface area contributed by atoms with Crippen molar-refractivity contribution in [1.29, 1.82) is 0 Å². The summed E-state index contributed by atoms with van der Waals surface area (Å²) >= 11 is 0. The highest BCUT2D eigenvalue weighted by Crippen LogP contribution is 2.11. The van der Waals surface area contributed by atoms with Gasteiger partial charge in [0, 0.05) is 32.1 Å². The lowest BCUT2D eigenvalue weighted by Gasteiger charge is -2.12. The molecule has 2 aromatic heterocycles. The largest absolute Gasteiger partial charge is 0.473 e. The van der Waals surface area contributed by atoms with Crippen LogP contribution in [0, 0.1) is 0 Å². The van der Waals surface area contributed by atoms with E-state index in [0.717, 1.165) is 16.8 Å². The maximum atomic E-state index is 5.78. The Balaban J connectivity index is 0.00000280. The van der Waals surface area contributed by atoms with Gasteiger partial charge in [-0.25, -0.2) is 4.98 Å². The number of aromatic nitrogens is 2. The zero-order valence-corrected chi connectivity index (χ0v) is 18.0. The molecule has 6 nitrogen and oxygen atoms in total. The molecule has 0 aliphatic heterocycles. The molecule has 2 N–H and O–H groups in total. The first kappa shape index (κ1) is 21.6. The Hall–Kier alpha value is -2.68. The quantitative estimate of drug-likeness (QED) is 0.302. The van der Waals surface area contributed by atoms with Crippen molar-refractivity contribution in [2.24, 2.45) is 4.99 Å². The topological polar surface area (TPSA) is 71.4 Å². The predicted octanol–water partition coefficient (Wildman–Crippen LogP) is 3.54.